The topological polar surface area (TPSA) is 75.7 Å². The summed E-state index contributed by atoms with van der Waals surface area (Å²) in [6, 6.07) is 12.5. The van der Waals surface area contributed by atoms with Crippen molar-refractivity contribution in [1.82, 2.24) is 9.62 Å². The van der Waals surface area contributed by atoms with Crippen LogP contribution in [0.5, 0.6) is 0 Å². The van der Waals surface area contributed by atoms with E-state index in [4.69, 9.17) is 0 Å². The van der Waals surface area contributed by atoms with Crippen molar-refractivity contribution in [2.45, 2.75) is 37.8 Å². The van der Waals surface area contributed by atoms with Gasteiger partial charge in [-0.3, -0.25) is 4.90 Å². The summed E-state index contributed by atoms with van der Waals surface area (Å²) in [5.41, 5.74) is 2.87. The normalized spacial score (nSPS) is 14.9. The maximum Gasteiger partial charge on any atom is 0.337 e. The molecule has 1 aliphatic heterocycles. The number of ether oxygens (including phenoxy) is 1. The molecule has 2 aromatic rings. The summed E-state index contributed by atoms with van der Waals surface area (Å²) in [7, 11) is -2.49. The molecule has 1 N–H and O–H groups in total. The Morgan fingerprint density at radius 1 is 1.11 bits per heavy atom. The molecule has 0 radical (unpaired) electrons. The summed E-state index contributed by atoms with van der Waals surface area (Å²) in [6.07, 6.45) is 2.48. The van der Waals surface area contributed by atoms with Crippen LogP contribution >= 0.6 is 0 Å². The fraction of sp³-hybridized carbons (Fsp3) is 0.381. The zero-order valence-electron chi connectivity index (χ0n) is 16.3. The quantitative estimate of drug-likeness (QED) is 0.721. The molecule has 1 fully saturated rings. The molecule has 150 valence electrons. The number of hydrogen-bond acceptors (Lipinski definition) is 5. The Morgan fingerprint density at radius 3 is 2.54 bits per heavy atom. The van der Waals surface area contributed by atoms with Crippen LogP contribution in [0.15, 0.2) is 47.4 Å². The molecule has 0 aliphatic carbocycles. The Hall–Kier alpha value is -2.22. The van der Waals surface area contributed by atoms with Gasteiger partial charge in [0.2, 0.25) is 10.0 Å². The number of rotatable bonds is 7. The first-order valence-electron chi connectivity index (χ1n) is 9.38. The third-order valence-corrected chi connectivity index (χ3v) is 6.50. The summed E-state index contributed by atoms with van der Waals surface area (Å²) in [4.78, 5) is 14.2. The van der Waals surface area contributed by atoms with Crippen molar-refractivity contribution in [3.05, 3.63) is 64.7 Å². The third kappa shape index (κ3) is 4.98. The van der Waals surface area contributed by atoms with Crippen molar-refractivity contribution in [2.75, 3.05) is 20.2 Å². The fourth-order valence-electron chi connectivity index (χ4n) is 3.43. The SMILES string of the molecule is COC(=O)c1ccc(C)c(S(=O)(=O)NCc2cccc(CN3CCCC3)c2)c1. The summed E-state index contributed by atoms with van der Waals surface area (Å²) in [5.74, 6) is -0.564. The zero-order chi connectivity index (χ0) is 20.1. The van der Waals surface area contributed by atoms with E-state index in [1.54, 1.807) is 19.1 Å². The summed E-state index contributed by atoms with van der Waals surface area (Å²) in [5, 5.41) is 0. The first kappa shape index (κ1) is 20.5. The number of nitrogens with one attached hydrogen (secondary N) is 1. The Kier molecular flexibility index (Phi) is 6.49. The van der Waals surface area contributed by atoms with Crippen LogP contribution in [0.25, 0.3) is 0 Å². The van der Waals surface area contributed by atoms with Crippen molar-refractivity contribution >= 4 is 16.0 Å². The lowest BCUT2D eigenvalue weighted by molar-refractivity contribution is 0.0600. The predicted molar refractivity (Wildman–Crippen MR) is 107 cm³/mol. The van der Waals surface area contributed by atoms with Crippen LogP contribution in [0.3, 0.4) is 0 Å². The Labute approximate surface area is 166 Å². The minimum atomic E-state index is -3.76. The van der Waals surface area contributed by atoms with Gasteiger partial charge >= 0.3 is 5.97 Å². The average Bonchev–Trinajstić information content (AvgIpc) is 3.19. The number of hydrogen-bond donors (Lipinski definition) is 1. The maximum atomic E-state index is 12.8. The molecule has 0 saturated carbocycles. The second-order valence-electron chi connectivity index (χ2n) is 7.10. The van der Waals surface area contributed by atoms with Crippen LogP contribution < -0.4 is 4.72 Å². The summed E-state index contributed by atoms with van der Waals surface area (Å²) in [6.45, 7) is 5.02. The second kappa shape index (κ2) is 8.86. The maximum absolute atomic E-state index is 12.8. The molecule has 0 aromatic heterocycles. The molecular formula is C21H26N2O4S. The molecule has 1 aliphatic rings. The predicted octanol–water partition coefficient (Wildman–Crippen LogP) is 2.86. The Balaban J connectivity index is 1.72. The van der Waals surface area contributed by atoms with E-state index in [2.05, 4.69) is 20.4 Å². The number of carbonyl (C=O) groups is 1. The van der Waals surface area contributed by atoms with Gasteiger partial charge in [0.15, 0.2) is 0 Å². The molecule has 0 atom stereocenters. The van der Waals surface area contributed by atoms with Gasteiger partial charge in [0.1, 0.15) is 0 Å². The molecule has 1 saturated heterocycles. The average molecular weight is 403 g/mol. The molecule has 0 bridgehead atoms. The number of benzene rings is 2. The molecule has 0 spiro atoms. The molecule has 0 amide bonds. The van der Waals surface area contributed by atoms with E-state index in [1.807, 2.05) is 18.2 Å². The van der Waals surface area contributed by atoms with Crippen molar-refractivity contribution in [3.8, 4) is 0 Å². The zero-order valence-corrected chi connectivity index (χ0v) is 17.1. The molecule has 1 heterocycles. The van der Waals surface area contributed by atoms with Gasteiger partial charge in [0.05, 0.1) is 17.6 Å². The fourth-order valence-corrected chi connectivity index (χ4v) is 4.71. The highest BCUT2D eigenvalue weighted by atomic mass is 32.2. The number of likely N-dealkylation sites (tertiary alicyclic amines) is 1. The second-order valence-corrected chi connectivity index (χ2v) is 8.83. The lowest BCUT2D eigenvalue weighted by Gasteiger charge is -2.15. The Bertz CT molecular complexity index is 951. The van der Waals surface area contributed by atoms with Gasteiger partial charge in [0.25, 0.3) is 0 Å². The van der Waals surface area contributed by atoms with E-state index >= 15 is 0 Å². The van der Waals surface area contributed by atoms with Crippen molar-refractivity contribution in [2.24, 2.45) is 0 Å². The van der Waals surface area contributed by atoms with Gasteiger partial charge in [-0.2, -0.15) is 0 Å². The molecule has 7 heteroatoms. The van der Waals surface area contributed by atoms with Gasteiger partial charge in [-0.15, -0.1) is 0 Å². The van der Waals surface area contributed by atoms with E-state index in [9.17, 15) is 13.2 Å². The lowest BCUT2D eigenvalue weighted by Crippen LogP contribution is -2.24. The van der Waals surface area contributed by atoms with E-state index < -0.39 is 16.0 Å². The molecule has 3 rings (SSSR count). The highest BCUT2D eigenvalue weighted by Gasteiger charge is 2.19. The number of esters is 1. The summed E-state index contributed by atoms with van der Waals surface area (Å²) >= 11 is 0. The van der Waals surface area contributed by atoms with Gasteiger partial charge < -0.3 is 4.74 Å². The molecule has 0 unspecified atom stereocenters. The third-order valence-electron chi connectivity index (χ3n) is 4.96. The molecule has 2 aromatic carbocycles. The van der Waals surface area contributed by atoms with Crippen LogP contribution in [0.4, 0.5) is 0 Å². The van der Waals surface area contributed by atoms with E-state index in [0.29, 0.717) is 5.56 Å². The van der Waals surface area contributed by atoms with Gasteiger partial charge in [-0.25, -0.2) is 17.9 Å². The monoisotopic (exact) mass is 402 g/mol. The van der Waals surface area contributed by atoms with Gasteiger partial charge in [-0.1, -0.05) is 30.3 Å². The van der Waals surface area contributed by atoms with Crippen LogP contribution in [0.2, 0.25) is 0 Å². The number of nitrogens with zero attached hydrogens (tertiary/aromatic N) is 1. The number of sulfonamides is 1. The first-order valence-corrected chi connectivity index (χ1v) is 10.9. The van der Waals surface area contributed by atoms with Crippen LogP contribution in [-0.2, 0) is 27.8 Å². The molecule has 28 heavy (non-hydrogen) atoms. The van der Waals surface area contributed by atoms with Gasteiger partial charge in [-0.05, 0) is 61.7 Å². The van der Waals surface area contributed by atoms with Gasteiger partial charge in [0, 0.05) is 13.1 Å². The highest BCUT2D eigenvalue weighted by molar-refractivity contribution is 7.89. The minimum Gasteiger partial charge on any atom is -0.465 e. The standard InChI is InChI=1S/C21H26N2O4S/c1-16-8-9-19(21(24)27-2)13-20(16)28(25,26)22-14-17-6-5-7-18(12-17)15-23-10-3-4-11-23/h5-9,12-13,22H,3-4,10-11,14-15H2,1-2H3. The molecular weight excluding hydrogens is 376 g/mol. The van der Waals surface area contributed by atoms with Crippen molar-refractivity contribution in [3.63, 3.8) is 0 Å². The largest absolute Gasteiger partial charge is 0.465 e. The van der Waals surface area contributed by atoms with E-state index in [1.165, 1.54) is 31.6 Å². The summed E-state index contributed by atoms with van der Waals surface area (Å²) < 4.78 is 32.9. The lowest BCUT2D eigenvalue weighted by atomic mass is 10.1. The Morgan fingerprint density at radius 2 is 1.82 bits per heavy atom. The number of methoxy groups -OCH3 is 1. The minimum absolute atomic E-state index is 0.0867. The highest BCUT2D eigenvalue weighted by Crippen LogP contribution is 2.19. The van der Waals surface area contributed by atoms with Crippen LogP contribution in [0, 0.1) is 6.92 Å². The van der Waals surface area contributed by atoms with Crippen molar-refractivity contribution < 1.29 is 17.9 Å². The number of aryl methyl sites for hydroxylation is 1. The first-order chi connectivity index (χ1) is 13.4. The van der Waals surface area contributed by atoms with E-state index in [0.717, 1.165) is 25.2 Å². The van der Waals surface area contributed by atoms with Crippen LogP contribution in [-0.4, -0.2) is 39.5 Å². The van der Waals surface area contributed by atoms with E-state index in [-0.39, 0.29) is 17.0 Å². The number of carbonyl (C=O) groups excluding carboxylic acids is 1. The van der Waals surface area contributed by atoms with Crippen molar-refractivity contribution in [1.29, 1.82) is 0 Å². The smallest absolute Gasteiger partial charge is 0.337 e. The van der Waals surface area contributed by atoms with Crippen LogP contribution in [0.1, 0.15) is 39.9 Å². The molecule has 6 nitrogen and oxygen atoms in total.